The largest absolute Gasteiger partial charge is 0.458 e. The molecule has 0 N–H and O–H groups in total. The van der Waals surface area contributed by atoms with Gasteiger partial charge in [0.1, 0.15) is 6.10 Å². The summed E-state index contributed by atoms with van der Waals surface area (Å²) >= 11 is 0. The number of carbonyl (C=O) groups excluding carboxylic acids is 1. The van der Waals surface area contributed by atoms with Gasteiger partial charge in [0.15, 0.2) is 0 Å². The van der Waals surface area contributed by atoms with Crippen molar-refractivity contribution in [2.75, 3.05) is 0 Å². The number of allylic oxidation sites excluding steroid dienone is 1. The minimum absolute atomic E-state index is 0.110. The third-order valence-corrected chi connectivity index (χ3v) is 12.1. The van der Waals surface area contributed by atoms with Crippen molar-refractivity contribution in [2.24, 2.45) is 46.3 Å². The first-order valence-electron chi connectivity index (χ1n) is 16.2. The summed E-state index contributed by atoms with van der Waals surface area (Å²) in [5.41, 5.74) is 0.806. The van der Waals surface area contributed by atoms with Gasteiger partial charge in [0.05, 0.1) is 21.5 Å². The fraction of sp³-hybridized carbons (Fsp3) is 0.735. The number of nitro benzene ring substituents is 2. The molecule has 4 aliphatic rings. The highest BCUT2D eigenvalue weighted by Crippen LogP contribution is 2.67. The van der Waals surface area contributed by atoms with Crippen molar-refractivity contribution >= 4 is 17.3 Å². The average molecular weight is 581 g/mol. The van der Waals surface area contributed by atoms with Crippen molar-refractivity contribution in [3.05, 3.63) is 55.6 Å². The molecule has 0 heterocycles. The minimum Gasteiger partial charge on any atom is -0.458 e. The molecule has 0 aromatic heterocycles. The summed E-state index contributed by atoms with van der Waals surface area (Å²) in [4.78, 5) is 34.1. The Morgan fingerprint density at radius 3 is 2.29 bits per heavy atom. The van der Waals surface area contributed by atoms with Gasteiger partial charge in [-0.05, 0) is 91.3 Å². The second-order valence-corrected chi connectivity index (χ2v) is 14.8. The van der Waals surface area contributed by atoms with Gasteiger partial charge >= 0.3 is 5.97 Å². The van der Waals surface area contributed by atoms with E-state index < -0.39 is 27.2 Å². The SMILES string of the molecule is CC(C)CCC[C@H](C)[C@@H]1CC[C@H]2[C@H]3CC=C4C[C@@H](OC(=O)c5cc([N+](=O)[O-])cc([N+](=O)[O-])c5)CC[C@]4(C)[C@@H]3CC[C@@]21C. The second-order valence-electron chi connectivity index (χ2n) is 14.8. The van der Waals surface area contributed by atoms with E-state index in [2.05, 4.69) is 40.7 Å². The van der Waals surface area contributed by atoms with E-state index in [9.17, 15) is 25.0 Å². The third-order valence-electron chi connectivity index (χ3n) is 12.1. The van der Waals surface area contributed by atoms with Crippen LogP contribution < -0.4 is 0 Å². The molecule has 0 radical (unpaired) electrons. The Morgan fingerprint density at radius 1 is 0.952 bits per heavy atom. The maximum Gasteiger partial charge on any atom is 0.338 e. The quantitative estimate of drug-likeness (QED) is 0.125. The first-order chi connectivity index (χ1) is 19.8. The van der Waals surface area contributed by atoms with Crippen molar-refractivity contribution in [3.63, 3.8) is 0 Å². The van der Waals surface area contributed by atoms with Gasteiger partial charge in [-0.1, -0.05) is 65.5 Å². The molecule has 0 aliphatic heterocycles. The molecule has 5 rings (SSSR count). The summed E-state index contributed by atoms with van der Waals surface area (Å²) in [7, 11) is 0. The maximum atomic E-state index is 13.0. The van der Waals surface area contributed by atoms with Crippen LogP contribution >= 0.6 is 0 Å². The van der Waals surface area contributed by atoms with E-state index in [1.807, 2.05) is 0 Å². The zero-order chi connectivity index (χ0) is 30.4. The van der Waals surface area contributed by atoms with E-state index in [0.717, 1.165) is 67.1 Å². The van der Waals surface area contributed by atoms with Crippen LogP contribution in [0.4, 0.5) is 11.4 Å². The van der Waals surface area contributed by atoms with Gasteiger partial charge in [0, 0.05) is 18.6 Å². The Kier molecular flexibility index (Phi) is 8.56. The van der Waals surface area contributed by atoms with Crippen molar-refractivity contribution < 1.29 is 19.4 Å². The molecule has 8 atom stereocenters. The van der Waals surface area contributed by atoms with E-state index in [4.69, 9.17) is 4.74 Å². The first-order valence-corrected chi connectivity index (χ1v) is 16.2. The summed E-state index contributed by atoms with van der Waals surface area (Å²) in [5.74, 6) is 3.81. The summed E-state index contributed by atoms with van der Waals surface area (Å²) in [5, 5.41) is 22.6. The highest BCUT2D eigenvalue weighted by Gasteiger charge is 2.59. The van der Waals surface area contributed by atoms with Gasteiger partial charge in [-0.25, -0.2) is 4.79 Å². The second kappa shape index (κ2) is 11.7. The van der Waals surface area contributed by atoms with Gasteiger partial charge in [0.2, 0.25) is 0 Å². The standard InChI is InChI=1S/C34H48N2O6/c1-21(2)7-6-8-22(3)29-11-12-30-28-10-9-24-19-27(13-15-33(24,4)31(28)14-16-34(29,30)5)42-32(37)23-17-25(35(38)39)20-26(18-23)36(40)41/h9,17-18,20-22,27-31H,6-8,10-16,19H2,1-5H3/t22-,27-,28+,29-,30-,31+,33-,34+/m0/s1. The number of rotatable bonds is 9. The number of ether oxygens (including phenoxy) is 1. The topological polar surface area (TPSA) is 113 Å². The molecule has 8 heteroatoms. The van der Waals surface area contributed by atoms with E-state index in [0.29, 0.717) is 17.8 Å². The smallest absolute Gasteiger partial charge is 0.338 e. The molecule has 4 aliphatic carbocycles. The summed E-state index contributed by atoms with van der Waals surface area (Å²) < 4.78 is 5.82. The highest BCUT2D eigenvalue weighted by molar-refractivity contribution is 5.91. The Balaban J connectivity index is 1.27. The number of fused-ring (bicyclic) bond motifs is 5. The number of nitrogens with zero attached hydrogens (tertiary/aromatic N) is 2. The molecule has 230 valence electrons. The lowest BCUT2D eigenvalue weighted by Crippen LogP contribution is -2.51. The molecule has 42 heavy (non-hydrogen) atoms. The predicted molar refractivity (Wildman–Crippen MR) is 162 cm³/mol. The Morgan fingerprint density at radius 2 is 1.64 bits per heavy atom. The van der Waals surface area contributed by atoms with Crippen molar-refractivity contribution in [2.45, 2.75) is 111 Å². The summed E-state index contributed by atoms with van der Waals surface area (Å²) in [6.45, 7) is 12.2. The summed E-state index contributed by atoms with van der Waals surface area (Å²) in [6, 6.07) is 2.99. The molecule has 3 fully saturated rings. The molecule has 1 aromatic carbocycles. The normalized spacial score (nSPS) is 34.5. The van der Waals surface area contributed by atoms with Crippen molar-refractivity contribution in [1.82, 2.24) is 0 Å². The molecule has 0 bridgehead atoms. The van der Waals surface area contributed by atoms with Crippen LogP contribution in [0.5, 0.6) is 0 Å². The van der Waals surface area contributed by atoms with Crippen LogP contribution in [0.25, 0.3) is 0 Å². The van der Waals surface area contributed by atoms with Gasteiger partial charge in [0.25, 0.3) is 11.4 Å². The van der Waals surface area contributed by atoms with Crippen LogP contribution in [0, 0.1) is 66.6 Å². The van der Waals surface area contributed by atoms with Gasteiger partial charge in [-0.2, -0.15) is 0 Å². The maximum absolute atomic E-state index is 13.0. The zero-order valence-corrected chi connectivity index (χ0v) is 26.0. The molecule has 3 saturated carbocycles. The Hall–Kier alpha value is -2.77. The Bertz CT molecular complexity index is 1230. The van der Waals surface area contributed by atoms with Crippen LogP contribution in [0.2, 0.25) is 0 Å². The number of benzene rings is 1. The number of nitro groups is 2. The number of hydrogen-bond donors (Lipinski definition) is 0. The molecule has 0 spiro atoms. The summed E-state index contributed by atoms with van der Waals surface area (Å²) in [6.07, 6.45) is 14.9. The fourth-order valence-corrected chi connectivity index (χ4v) is 9.90. The number of non-ortho nitro benzene ring substituents is 2. The Labute approximate surface area is 250 Å². The fourth-order valence-electron chi connectivity index (χ4n) is 9.90. The van der Waals surface area contributed by atoms with Crippen LogP contribution in [0.1, 0.15) is 116 Å². The number of carbonyl (C=O) groups is 1. The molecule has 0 unspecified atom stereocenters. The highest BCUT2D eigenvalue weighted by atomic mass is 16.6. The molecular weight excluding hydrogens is 532 g/mol. The van der Waals surface area contributed by atoms with E-state index in [1.54, 1.807) is 0 Å². The molecule has 0 saturated heterocycles. The lowest BCUT2D eigenvalue weighted by Gasteiger charge is -2.58. The van der Waals surface area contributed by atoms with E-state index >= 15 is 0 Å². The van der Waals surface area contributed by atoms with Gasteiger partial charge < -0.3 is 4.74 Å². The van der Waals surface area contributed by atoms with E-state index in [1.165, 1.54) is 50.5 Å². The lowest BCUT2D eigenvalue weighted by molar-refractivity contribution is -0.394. The minimum atomic E-state index is -0.738. The van der Waals surface area contributed by atoms with Gasteiger partial charge in [-0.15, -0.1) is 0 Å². The molecular formula is C34H48N2O6. The number of hydrogen-bond acceptors (Lipinski definition) is 6. The van der Waals surface area contributed by atoms with Crippen molar-refractivity contribution in [1.29, 1.82) is 0 Å². The van der Waals surface area contributed by atoms with E-state index in [-0.39, 0.29) is 17.1 Å². The zero-order valence-electron chi connectivity index (χ0n) is 26.0. The third kappa shape index (κ3) is 5.62. The van der Waals surface area contributed by atoms with Crippen molar-refractivity contribution in [3.8, 4) is 0 Å². The predicted octanol–water partition coefficient (Wildman–Crippen LogP) is 9.07. The molecule has 1 aromatic rings. The number of esters is 1. The monoisotopic (exact) mass is 580 g/mol. The van der Waals surface area contributed by atoms with Crippen LogP contribution in [0.15, 0.2) is 29.8 Å². The van der Waals surface area contributed by atoms with Crippen LogP contribution in [-0.4, -0.2) is 21.9 Å². The van der Waals surface area contributed by atoms with Crippen LogP contribution in [-0.2, 0) is 4.74 Å². The molecule has 0 amide bonds. The average Bonchev–Trinajstić information content (AvgIpc) is 3.30. The lowest BCUT2D eigenvalue weighted by atomic mass is 9.47. The van der Waals surface area contributed by atoms with Crippen LogP contribution in [0.3, 0.4) is 0 Å². The molecule has 8 nitrogen and oxygen atoms in total. The van der Waals surface area contributed by atoms with Gasteiger partial charge in [-0.3, -0.25) is 20.2 Å². The first kappa shape index (κ1) is 30.7.